The molecule has 4 atom stereocenters. The van der Waals surface area contributed by atoms with Gasteiger partial charge in [-0.25, -0.2) is 4.79 Å². The molecule has 0 unspecified atom stereocenters. The third kappa shape index (κ3) is 4.28. The molecule has 0 aliphatic carbocycles. The fraction of sp³-hybridized carbons (Fsp3) is 0.353. The van der Waals surface area contributed by atoms with Crippen LogP contribution >= 0.6 is 11.6 Å². The van der Waals surface area contributed by atoms with Crippen LogP contribution < -0.4 is 16.6 Å². The number of H-pyrrole nitrogens is 1. The van der Waals surface area contributed by atoms with Crippen molar-refractivity contribution in [1.29, 1.82) is 0 Å². The Morgan fingerprint density at radius 3 is 2.70 bits per heavy atom. The summed E-state index contributed by atoms with van der Waals surface area (Å²) in [5, 5.41) is 23.5. The zero-order chi connectivity index (χ0) is 19.6. The molecule has 1 aromatic carbocycles. The Hall–Kier alpha value is -2.46. The molecule has 1 fully saturated rings. The Bertz CT molecular complexity index is 943. The standard InChI is InChI=1S/C17H18ClN3O6/c18-10-4-2-1-3-9(10)16(25)19-11-8-27-12(15(24)14(11)23)7-21-6-5-13(22)20-17(21)26/h1-6,11-12,14-15,23-24H,7-8H2,(H,19,25)(H,20,22,26)/t11-,12-,14+,15-/m1/s1. The quantitative estimate of drug-likeness (QED) is 0.530. The van der Waals surface area contributed by atoms with Crippen molar-refractivity contribution < 1.29 is 19.7 Å². The Morgan fingerprint density at radius 2 is 2.00 bits per heavy atom. The van der Waals surface area contributed by atoms with Crippen LogP contribution in [-0.2, 0) is 11.3 Å². The molecule has 2 aromatic rings. The number of nitrogens with zero attached hydrogens (tertiary/aromatic N) is 1. The molecule has 0 spiro atoms. The zero-order valence-electron chi connectivity index (χ0n) is 14.0. The number of nitrogens with one attached hydrogen (secondary N) is 2. The Balaban J connectivity index is 1.66. The number of amides is 1. The summed E-state index contributed by atoms with van der Waals surface area (Å²) in [4.78, 5) is 37.2. The van der Waals surface area contributed by atoms with Crippen LogP contribution in [0.4, 0.5) is 0 Å². The summed E-state index contributed by atoms with van der Waals surface area (Å²) in [5.41, 5.74) is -0.951. The third-order valence-electron chi connectivity index (χ3n) is 4.34. The van der Waals surface area contributed by atoms with Crippen LogP contribution in [0.2, 0.25) is 5.02 Å². The number of ether oxygens (including phenoxy) is 1. The second-order valence-corrected chi connectivity index (χ2v) is 6.58. The number of rotatable bonds is 4. The highest BCUT2D eigenvalue weighted by Gasteiger charge is 2.39. The predicted octanol–water partition coefficient (Wildman–Crippen LogP) is -0.891. The minimum Gasteiger partial charge on any atom is -0.388 e. The minimum absolute atomic E-state index is 0.0704. The van der Waals surface area contributed by atoms with Gasteiger partial charge in [0, 0.05) is 12.3 Å². The van der Waals surface area contributed by atoms with E-state index in [1.54, 1.807) is 18.2 Å². The smallest absolute Gasteiger partial charge is 0.328 e. The van der Waals surface area contributed by atoms with E-state index in [1.165, 1.54) is 18.3 Å². The van der Waals surface area contributed by atoms with E-state index in [2.05, 4.69) is 10.3 Å². The number of halogens is 1. The van der Waals surface area contributed by atoms with E-state index in [-0.39, 0.29) is 23.7 Å². The zero-order valence-corrected chi connectivity index (χ0v) is 14.8. The van der Waals surface area contributed by atoms with Gasteiger partial charge in [0.05, 0.1) is 29.8 Å². The van der Waals surface area contributed by atoms with Gasteiger partial charge in [0.1, 0.15) is 18.3 Å². The van der Waals surface area contributed by atoms with Crippen molar-refractivity contribution >= 4 is 17.5 Å². The van der Waals surface area contributed by atoms with E-state index in [0.717, 1.165) is 4.57 Å². The summed E-state index contributed by atoms with van der Waals surface area (Å²) in [7, 11) is 0. The van der Waals surface area contributed by atoms with Crippen LogP contribution in [0.3, 0.4) is 0 Å². The SMILES string of the molecule is O=C(N[C@@H]1CO[C@H](Cn2ccc(=O)[nH]c2=O)[C@@H](O)[C@H]1O)c1ccccc1Cl. The number of aromatic amines is 1. The molecule has 1 saturated heterocycles. The van der Waals surface area contributed by atoms with Crippen molar-refractivity contribution in [2.24, 2.45) is 0 Å². The summed E-state index contributed by atoms with van der Waals surface area (Å²) in [6.45, 7) is -0.143. The number of carbonyl (C=O) groups excluding carboxylic acids is 1. The van der Waals surface area contributed by atoms with E-state index < -0.39 is 41.5 Å². The molecule has 10 heteroatoms. The first-order chi connectivity index (χ1) is 12.9. The summed E-state index contributed by atoms with van der Waals surface area (Å²) < 4.78 is 6.68. The fourth-order valence-electron chi connectivity index (χ4n) is 2.84. The first-order valence-corrected chi connectivity index (χ1v) is 8.57. The van der Waals surface area contributed by atoms with Gasteiger partial charge in [0.2, 0.25) is 0 Å². The van der Waals surface area contributed by atoms with E-state index in [9.17, 15) is 24.6 Å². The molecule has 27 heavy (non-hydrogen) atoms. The first-order valence-electron chi connectivity index (χ1n) is 8.19. The summed E-state index contributed by atoms with van der Waals surface area (Å²) in [5.74, 6) is -0.504. The van der Waals surface area contributed by atoms with Crippen LogP contribution in [0.15, 0.2) is 46.1 Å². The van der Waals surface area contributed by atoms with Crippen molar-refractivity contribution in [3.63, 3.8) is 0 Å². The molecule has 0 radical (unpaired) electrons. The molecule has 1 aromatic heterocycles. The maximum Gasteiger partial charge on any atom is 0.328 e. The average molecular weight is 396 g/mol. The lowest BCUT2D eigenvalue weighted by atomic mass is 9.97. The summed E-state index contributed by atoms with van der Waals surface area (Å²) in [6, 6.07) is 6.76. The highest BCUT2D eigenvalue weighted by molar-refractivity contribution is 6.33. The second-order valence-electron chi connectivity index (χ2n) is 6.18. The molecule has 0 bridgehead atoms. The van der Waals surface area contributed by atoms with E-state index in [4.69, 9.17) is 16.3 Å². The van der Waals surface area contributed by atoms with Gasteiger partial charge in [-0.05, 0) is 12.1 Å². The van der Waals surface area contributed by atoms with Gasteiger partial charge >= 0.3 is 5.69 Å². The van der Waals surface area contributed by atoms with Crippen LogP contribution in [0.1, 0.15) is 10.4 Å². The van der Waals surface area contributed by atoms with Gasteiger partial charge in [-0.1, -0.05) is 23.7 Å². The van der Waals surface area contributed by atoms with Gasteiger partial charge in [-0.3, -0.25) is 19.1 Å². The second kappa shape index (κ2) is 8.05. The molecule has 3 rings (SSSR count). The minimum atomic E-state index is -1.35. The Morgan fingerprint density at radius 1 is 1.26 bits per heavy atom. The van der Waals surface area contributed by atoms with Crippen LogP contribution in [0.25, 0.3) is 0 Å². The third-order valence-corrected chi connectivity index (χ3v) is 4.67. The van der Waals surface area contributed by atoms with E-state index in [1.807, 2.05) is 0 Å². The van der Waals surface area contributed by atoms with Crippen molar-refractivity contribution in [3.8, 4) is 0 Å². The number of carbonyl (C=O) groups is 1. The van der Waals surface area contributed by atoms with Gasteiger partial charge in [-0.2, -0.15) is 0 Å². The molecule has 1 amide bonds. The maximum absolute atomic E-state index is 12.3. The lowest BCUT2D eigenvalue weighted by Crippen LogP contribution is -2.60. The topological polar surface area (TPSA) is 134 Å². The van der Waals surface area contributed by atoms with Crippen LogP contribution in [-0.4, -0.2) is 56.6 Å². The van der Waals surface area contributed by atoms with Crippen LogP contribution in [0, 0.1) is 0 Å². The maximum atomic E-state index is 12.3. The van der Waals surface area contributed by atoms with Gasteiger partial charge in [0.25, 0.3) is 11.5 Å². The molecular weight excluding hydrogens is 378 g/mol. The number of hydrogen-bond acceptors (Lipinski definition) is 6. The van der Waals surface area contributed by atoms with Gasteiger partial charge < -0.3 is 20.3 Å². The van der Waals surface area contributed by atoms with Crippen molar-refractivity contribution in [2.45, 2.75) is 30.9 Å². The Labute approximate surface area is 158 Å². The molecule has 1 aliphatic rings. The van der Waals surface area contributed by atoms with E-state index in [0.29, 0.717) is 0 Å². The largest absolute Gasteiger partial charge is 0.388 e. The summed E-state index contributed by atoms with van der Waals surface area (Å²) in [6.07, 6.45) is -2.28. The summed E-state index contributed by atoms with van der Waals surface area (Å²) >= 11 is 5.98. The molecular formula is C17H18ClN3O6. The van der Waals surface area contributed by atoms with Crippen LogP contribution in [0.5, 0.6) is 0 Å². The number of aliphatic hydroxyl groups is 2. The predicted molar refractivity (Wildman–Crippen MR) is 95.8 cm³/mol. The Kier molecular flexibility index (Phi) is 5.76. The first kappa shape index (κ1) is 19.3. The number of aliphatic hydroxyl groups excluding tert-OH is 2. The van der Waals surface area contributed by atoms with Gasteiger partial charge in [0.15, 0.2) is 0 Å². The number of aromatic nitrogens is 2. The van der Waals surface area contributed by atoms with Crippen molar-refractivity contribution in [2.75, 3.05) is 6.61 Å². The highest BCUT2D eigenvalue weighted by atomic mass is 35.5. The number of hydrogen-bond donors (Lipinski definition) is 4. The van der Waals surface area contributed by atoms with Crippen molar-refractivity contribution in [3.05, 3.63) is 68.0 Å². The average Bonchev–Trinajstić information content (AvgIpc) is 2.63. The van der Waals surface area contributed by atoms with Gasteiger partial charge in [-0.15, -0.1) is 0 Å². The van der Waals surface area contributed by atoms with E-state index >= 15 is 0 Å². The normalized spacial score (nSPS) is 25.1. The lowest BCUT2D eigenvalue weighted by Gasteiger charge is -2.38. The molecule has 9 nitrogen and oxygen atoms in total. The highest BCUT2D eigenvalue weighted by Crippen LogP contribution is 2.19. The molecule has 0 saturated carbocycles. The fourth-order valence-corrected chi connectivity index (χ4v) is 3.07. The monoisotopic (exact) mass is 395 g/mol. The number of benzene rings is 1. The molecule has 1 aliphatic heterocycles. The van der Waals surface area contributed by atoms with Crippen molar-refractivity contribution in [1.82, 2.24) is 14.9 Å². The molecule has 2 heterocycles. The molecule has 144 valence electrons. The molecule has 4 N–H and O–H groups in total. The lowest BCUT2D eigenvalue weighted by molar-refractivity contribution is -0.152.